The van der Waals surface area contributed by atoms with Gasteiger partial charge in [-0.2, -0.15) is 5.10 Å². The van der Waals surface area contributed by atoms with Crippen molar-refractivity contribution in [3.63, 3.8) is 0 Å². The fraction of sp³-hybridized carbons (Fsp3) is 0.190. The fourth-order valence-corrected chi connectivity index (χ4v) is 2.99. The number of hydrogen-bond acceptors (Lipinski definition) is 4. The molecule has 0 fully saturated rings. The van der Waals surface area contributed by atoms with E-state index in [0.29, 0.717) is 23.6 Å². The number of fused-ring (bicyclic) bond motifs is 1. The molecule has 0 spiro atoms. The molecule has 3 N–H and O–H groups in total. The predicted octanol–water partition coefficient (Wildman–Crippen LogP) is 2.44. The standard InChI is InChI=1S/C21H20N4O3/c1-13-6-8-14(9-7-13)10-15-11-17(25-24-15)20(26)23-18-12-28-19-5-3-2-4-16(19)22-21(18)27/h2-9,11,18H,10,12H2,1H3,(H,22,27)(H,23,26)(H,24,25). The molecular weight excluding hydrogens is 356 g/mol. The minimum atomic E-state index is -0.802. The molecule has 2 aromatic carbocycles. The number of H-pyrrole nitrogens is 1. The molecule has 4 rings (SSSR count). The lowest BCUT2D eigenvalue weighted by Gasteiger charge is -2.13. The number of benzene rings is 2. The maximum absolute atomic E-state index is 12.5. The molecule has 7 heteroatoms. The Balaban J connectivity index is 1.41. The van der Waals surface area contributed by atoms with Crippen molar-refractivity contribution in [1.29, 1.82) is 0 Å². The largest absolute Gasteiger partial charge is 0.489 e. The maximum atomic E-state index is 12.5. The van der Waals surface area contributed by atoms with E-state index in [9.17, 15) is 9.59 Å². The van der Waals surface area contributed by atoms with Gasteiger partial charge in [-0.3, -0.25) is 14.7 Å². The van der Waals surface area contributed by atoms with Crippen molar-refractivity contribution < 1.29 is 14.3 Å². The number of nitrogens with zero attached hydrogens (tertiary/aromatic N) is 1. The van der Waals surface area contributed by atoms with Crippen LogP contribution in [0, 0.1) is 6.92 Å². The minimum Gasteiger partial charge on any atom is -0.489 e. The van der Waals surface area contributed by atoms with E-state index in [4.69, 9.17) is 4.74 Å². The van der Waals surface area contributed by atoms with Gasteiger partial charge in [0.15, 0.2) is 0 Å². The Kier molecular flexibility index (Phi) is 4.80. The molecule has 3 aromatic rings. The van der Waals surface area contributed by atoms with Gasteiger partial charge in [0.2, 0.25) is 0 Å². The Morgan fingerprint density at radius 3 is 2.82 bits per heavy atom. The first-order valence-corrected chi connectivity index (χ1v) is 9.02. The first-order chi connectivity index (χ1) is 13.6. The first kappa shape index (κ1) is 17.8. The average Bonchev–Trinajstić information content (AvgIpc) is 3.10. The van der Waals surface area contributed by atoms with Gasteiger partial charge in [0, 0.05) is 6.42 Å². The number of amides is 2. The van der Waals surface area contributed by atoms with Crippen LogP contribution in [0.15, 0.2) is 54.6 Å². The van der Waals surface area contributed by atoms with Gasteiger partial charge in [0.05, 0.1) is 11.4 Å². The molecule has 0 radical (unpaired) electrons. The van der Waals surface area contributed by atoms with Crippen molar-refractivity contribution in [3.05, 3.63) is 77.1 Å². The average molecular weight is 376 g/mol. The quantitative estimate of drug-likeness (QED) is 0.652. The van der Waals surface area contributed by atoms with E-state index in [1.54, 1.807) is 18.2 Å². The Labute approximate surface area is 162 Å². The van der Waals surface area contributed by atoms with Gasteiger partial charge in [-0.15, -0.1) is 0 Å². The number of carbonyl (C=O) groups excluding carboxylic acids is 2. The summed E-state index contributed by atoms with van der Waals surface area (Å²) >= 11 is 0. The highest BCUT2D eigenvalue weighted by molar-refractivity contribution is 6.01. The summed E-state index contributed by atoms with van der Waals surface area (Å²) in [5.74, 6) is -0.149. The van der Waals surface area contributed by atoms with Gasteiger partial charge in [-0.25, -0.2) is 0 Å². The highest BCUT2D eigenvalue weighted by Gasteiger charge is 2.27. The second kappa shape index (κ2) is 7.56. The Morgan fingerprint density at radius 2 is 2.00 bits per heavy atom. The Hall–Kier alpha value is -3.61. The molecule has 0 saturated heterocycles. The van der Waals surface area contributed by atoms with Crippen molar-refractivity contribution in [2.24, 2.45) is 0 Å². The highest BCUT2D eigenvalue weighted by atomic mass is 16.5. The van der Waals surface area contributed by atoms with E-state index in [2.05, 4.69) is 20.8 Å². The number of hydrogen-bond donors (Lipinski definition) is 3. The summed E-state index contributed by atoms with van der Waals surface area (Å²) in [5, 5.41) is 12.4. The molecule has 7 nitrogen and oxygen atoms in total. The summed E-state index contributed by atoms with van der Waals surface area (Å²) in [6.07, 6.45) is 0.617. The zero-order chi connectivity index (χ0) is 19.5. The van der Waals surface area contributed by atoms with E-state index in [1.165, 1.54) is 5.56 Å². The molecule has 0 aliphatic carbocycles. The van der Waals surface area contributed by atoms with Gasteiger partial charge < -0.3 is 15.4 Å². The van der Waals surface area contributed by atoms with E-state index >= 15 is 0 Å². The molecule has 1 atom stereocenters. The van der Waals surface area contributed by atoms with Crippen LogP contribution in [0.3, 0.4) is 0 Å². The van der Waals surface area contributed by atoms with Crippen LogP contribution < -0.4 is 15.4 Å². The SMILES string of the molecule is Cc1ccc(Cc2cc(C(=O)NC3COc4ccccc4NC3=O)[nH]n2)cc1. The summed E-state index contributed by atoms with van der Waals surface area (Å²) in [4.78, 5) is 24.9. The molecule has 1 unspecified atom stereocenters. The maximum Gasteiger partial charge on any atom is 0.270 e. The van der Waals surface area contributed by atoms with Crippen molar-refractivity contribution in [1.82, 2.24) is 15.5 Å². The van der Waals surface area contributed by atoms with Crippen LogP contribution in [-0.4, -0.2) is 34.7 Å². The normalized spacial score (nSPS) is 15.8. The summed E-state index contributed by atoms with van der Waals surface area (Å²) < 4.78 is 5.64. The lowest BCUT2D eigenvalue weighted by atomic mass is 10.1. The molecule has 0 bridgehead atoms. The number of aromatic nitrogens is 2. The van der Waals surface area contributed by atoms with E-state index < -0.39 is 11.9 Å². The fourth-order valence-electron chi connectivity index (χ4n) is 2.99. The van der Waals surface area contributed by atoms with Crippen LogP contribution in [0.1, 0.15) is 27.3 Å². The zero-order valence-corrected chi connectivity index (χ0v) is 15.4. The third-order valence-corrected chi connectivity index (χ3v) is 4.55. The molecular formula is C21H20N4O3. The summed E-state index contributed by atoms with van der Waals surface area (Å²) in [6, 6.07) is 16.2. The predicted molar refractivity (Wildman–Crippen MR) is 104 cm³/mol. The van der Waals surface area contributed by atoms with Crippen LogP contribution >= 0.6 is 0 Å². The summed E-state index contributed by atoms with van der Waals surface area (Å²) in [5.41, 5.74) is 3.95. The summed E-state index contributed by atoms with van der Waals surface area (Å²) in [6.45, 7) is 2.09. The molecule has 1 aliphatic heterocycles. The van der Waals surface area contributed by atoms with E-state index in [-0.39, 0.29) is 12.5 Å². The monoisotopic (exact) mass is 376 g/mol. The van der Waals surface area contributed by atoms with Gasteiger partial charge >= 0.3 is 0 Å². The Bertz CT molecular complexity index is 1010. The minimum absolute atomic E-state index is 0.0545. The molecule has 0 saturated carbocycles. The lowest BCUT2D eigenvalue weighted by Crippen LogP contribution is -2.46. The Morgan fingerprint density at radius 1 is 1.21 bits per heavy atom. The number of anilines is 1. The molecule has 28 heavy (non-hydrogen) atoms. The second-order valence-electron chi connectivity index (χ2n) is 6.76. The van der Waals surface area contributed by atoms with Gasteiger partial charge in [0.25, 0.3) is 11.8 Å². The highest BCUT2D eigenvalue weighted by Crippen LogP contribution is 2.26. The number of nitrogens with one attached hydrogen (secondary N) is 3. The molecule has 1 aromatic heterocycles. The third kappa shape index (κ3) is 3.88. The van der Waals surface area contributed by atoms with E-state index in [0.717, 1.165) is 11.3 Å². The topological polar surface area (TPSA) is 96.1 Å². The molecule has 2 heterocycles. The van der Waals surface area contributed by atoms with Crippen LogP contribution in [0.2, 0.25) is 0 Å². The third-order valence-electron chi connectivity index (χ3n) is 4.55. The van der Waals surface area contributed by atoms with Gasteiger partial charge in [-0.05, 0) is 30.7 Å². The van der Waals surface area contributed by atoms with Crippen molar-refractivity contribution in [3.8, 4) is 5.75 Å². The molecule has 1 aliphatic rings. The van der Waals surface area contributed by atoms with Crippen molar-refractivity contribution in [2.75, 3.05) is 11.9 Å². The van der Waals surface area contributed by atoms with Crippen LogP contribution in [0.25, 0.3) is 0 Å². The molecule has 142 valence electrons. The first-order valence-electron chi connectivity index (χ1n) is 9.02. The van der Waals surface area contributed by atoms with E-state index in [1.807, 2.05) is 43.3 Å². The van der Waals surface area contributed by atoms with Gasteiger partial charge in [-0.1, -0.05) is 42.0 Å². The molecule has 2 amide bonds. The second-order valence-corrected chi connectivity index (χ2v) is 6.76. The number of ether oxygens (including phenoxy) is 1. The van der Waals surface area contributed by atoms with Crippen LogP contribution in [0.5, 0.6) is 5.75 Å². The van der Waals surface area contributed by atoms with Crippen LogP contribution in [-0.2, 0) is 11.2 Å². The number of aromatic amines is 1. The van der Waals surface area contributed by atoms with Crippen LogP contribution in [0.4, 0.5) is 5.69 Å². The lowest BCUT2D eigenvalue weighted by molar-refractivity contribution is -0.118. The van der Waals surface area contributed by atoms with Crippen molar-refractivity contribution in [2.45, 2.75) is 19.4 Å². The number of carbonyl (C=O) groups is 2. The smallest absolute Gasteiger partial charge is 0.270 e. The number of aryl methyl sites for hydroxylation is 1. The van der Waals surface area contributed by atoms with Gasteiger partial charge in [0.1, 0.15) is 24.1 Å². The number of para-hydroxylation sites is 2. The summed E-state index contributed by atoms with van der Waals surface area (Å²) in [7, 11) is 0. The van der Waals surface area contributed by atoms with Crippen molar-refractivity contribution >= 4 is 17.5 Å². The zero-order valence-electron chi connectivity index (χ0n) is 15.4. The number of rotatable bonds is 4.